The zero-order valence-electron chi connectivity index (χ0n) is 15.0. The molecule has 6 atom stereocenters. The van der Waals surface area contributed by atoms with Crippen LogP contribution < -0.4 is 5.32 Å². The standard InChI is InChI=1S/C19H28N4O/c1-13-8-15(10-21)23(12-13)17(24)11-22-16-4-5-19(6-7-20)9-14(2)18(16,19)3/h13-16,22H,4-6,8-9,11-12H2,1-3H3. The Morgan fingerprint density at radius 3 is 2.75 bits per heavy atom. The van der Waals surface area contributed by atoms with Crippen LogP contribution in [0.1, 0.15) is 52.9 Å². The van der Waals surface area contributed by atoms with Gasteiger partial charge in [0.15, 0.2) is 0 Å². The van der Waals surface area contributed by atoms with E-state index in [4.69, 9.17) is 0 Å². The zero-order valence-corrected chi connectivity index (χ0v) is 15.0. The van der Waals surface area contributed by atoms with Gasteiger partial charge in [0, 0.05) is 19.0 Å². The molecule has 0 aromatic carbocycles. The molecule has 0 bridgehead atoms. The van der Waals surface area contributed by atoms with Gasteiger partial charge in [0.25, 0.3) is 0 Å². The molecule has 0 aromatic heterocycles. The molecular weight excluding hydrogens is 300 g/mol. The number of amides is 1. The minimum Gasteiger partial charge on any atom is -0.325 e. The highest BCUT2D eigenvalue weighted by molar-refractivity contribution is 5.79. The first-order chi connectivity index (χ1) is 11.4. The Morgan fingerprint density at radius 2 is 2.12 bits per heavy atom. The Bertz CT molecular complexity index is 605. The van der Waals surface area contributed by atoms with Crippen LogP contribution in [0.25, 0.3) is 0 Å². The van der Waals surface area contributed by atoms with Gasteiger partial charge in [-0.3, -0.25) is 4.79 Å². The van der Waals surface area contributed by atoms with Crippen molar-refractivity contribution in [3.8, 4) is 12.1 Å². The smallest absolute Gasteiger partial charge is 0.237 e. The van der Waals surface area contributed by atoms with E-state index in [1.54, 1.807) is 4.90 Å². The summed E-state index contributed by atoms with van der Waals surface area (Å²) in [7, 11) is 0. The molecule has 3 fully saturated rings. The van der Waals surface area contributed by atoms with Crippen LogP contribution in [0.2, 0.25) is 0 Å². The first kappa shape index (κ1) is 17.2. The van der Waals surface area contributed by atoms with Crippen LogP contribution in [-0.4, -0.2) is 36.0 Å². The number of carbonyl (C=O) groups is 1. The van der Waals surface area contributed by atoms with Gasteiger partial charge in [0.05, 0.1) is 18.7 Å². The molecule has 0 aromatic rings. The van der Waals surface area contributed by atoms with Gasteiger partial charge < -0.3 is 10.2 Å². The number of nitriles is 2. The number of hydrogen-bond acceptors (Lipinski definition) is 4. The number of likely N-dealkylation sites (tertiary alicyclic amines) is 1. The lowest BCUT2D eigenvalue weighted by molar-refractivity contribution is -0.132. The molecule has 2 saturated carbocycles. The molecule has 3 rings (SSSR count). The number of fused-ring (bicyclic) bond motifs is 1. The molecular formula is C19H28N4O. The van der Waals surface area contributed by atoms with E-state index < -0.39 is 0 Å². The number of nitrogens with one attached hydrogen (secondary N) is 1. The first-order valence-corrected chi connectivity index (χ1v) is 9.17. The molecule has 24 heavy (non-hydrogen) atoms. The lowest BCUT2D eigenvalue weighted by atomic mass is 9.44. The Hall–Kier alpha value is -1.59. The van der Waals surface area contributed by atoms with E-state index >= 15 is 0 Å². The Morgan fingerprint density at radius 1 is 1.38 bits per heavy atom. The molecule has 0 spiro atoms. The summed E-state index contributed by atoms with van der Waals surface area (Å²) >= 11 is 0. The highest BCUT2D eigenvalue weighted by Gasteiger charge is 2.66. The second-order valence-electron chi connectivity index (χ2n) is 8.51. The summed E-state index contributed by atoms with van der Waals surface area (Å²) in [5.74, 6) is 1.02. The van der Waals surface area contributed by atoms with Crippen LogP contribution in [-0.2, 0) is 4.79 Å². The van der Waals surface area contributed by atoms with Crippen molar-refractivity contribution in [2.24, 2.45) is 22.7 Å². The number of carbonyl (C=O) groups excluding carboxylic acids is 1. The molecule has 5 nitrogen and oxygen atoms in total. The van der Waals surface area contributed by atoms with Gasteiger partial charge >= 0.3 is 0 Å². The lowest BCUT2D eigenvalue weighted by Gasteiger charge is -2.60. The topological polar surface area (TPSA) is 79.9 Å². The van der Waals surface area contributed by atoms with Crippen molar-refractivity contribution < 1.29 is 4.79 Å². The SMILES string of the molecule is CC1CC(C#N)N(C(=O)CNC2CCC3(CC#N)CC(C)C23C)C1. The minimum absolute atomic E-state index is 0.0410. The van der Waals surface area contributed by atoms with E-state index in [0.29, 0.717) is 37.4 Å². The minimum atomic E-state index is -0.270. The van der Waals surface area contributed by atoms with Crippen LogP contribution in [0.15, 0.2) is 0 Å². The molecule has 1 aliphatic heterocycles. The van der Waals surface area contributed by atoms with Crippen LogP contribution in [0, 0.1) is 45.3 Å². The van der Waals surface area contributed by atoms with E-state index in [1.807, 2.05) is 0 Å². The van der Waals surface area contributed by atoms with Crippen LogP contribution >= 0.6 is 0 Å². The third kappa shape index (κ3) is 2.33. The average molecular weight is 328 g/mol. The van der Waals surface area contributed by atoms with Crippen LogP contribution in [0.5, 0.6) is 0 Å². The van der Waals surface area contributed by atoms with Crippen LogP contribution in [0.4, 0.5) is 0 Å². The van der Waals surface area contributed by atoms with E-state index in [1.165, 1.54) is 0 Å². The Labute approximate surface area is 145 Å². The van der Waals surface area contributed by atoms with Gasteiger partial charge in [-0.05, 0) is 48.3 Å². The van der Waals surface area contributed by atoms with E-state index in [2.05, 4.69) is 38.2 Å². The van der Waals surface area contributed by atoms with Gasteiger partial charge in [-0.15, -0.1) is 0 Å². The maximum Gasteiger partial charge on any atom is 0.237 e. The predicted molar refractivity (Wildman–Crippen MR) is 90.5 cm³/mol. The zero-order chi connectivity index (χ0) is 17.5. The van der Waals surface area contributed by atoms with Crippen molar-refractivity contribution in [3.63, 3.8) is 0 Å². The Balaban J connectivity index is 1.63. The van der Waals surface area contributed by atoms with Crippen molar-refractivity contribution in [1.29, 1.82) is 10.5 Å². The Kier molecular flexibility index (Phi) is 4.34. The molecule has 1 saturated heterocycles. The lowest BCUT2D eigenvalue weighted by Crippen LogP contribution is -2.60. The van der Waals surface area contributed by atoms with Crippen molar-refractivity contribution in [3.05, 3.63) is 0 Å². The summed E-state index contributed by atoms with van der Waals surface area (Å²) in [6.07, 6.45) is 4.65. The van der Waals surface area contributed by atoms with Crippen molar-refractivity contribution in [2.75, 3.05) is 13.1 Å². The monoisotopic (exact) mass is 328 g/mol. The van der Waals surface area contributed by atoms with Gasteiger partial charge in [-0.25, -0.2) is 0 Å². The third-order valence-electron chi connectivity index (χ3n) is 7.40. The summed E-state index contributed by atoms with van der Waals surface area (Å²) in [5.41, 5.74) is 0.245. The number of rotatable bonds is 4. The maximum atomic E-state index is 12.6. The summed E-state index contributed by atoms with van der Waals surface area (Å²) < 4.78 is 0. The van der Waals surface area contributed by atoms with Gasteiger partial charge in [-0.2, -0.15) is 10.5 Å². The predicted octanol–water partition coefficient (Wildman–Crippen LogP) is 2.45. The fourth-order valence-electron chi connectivity index (χ4n) is 5.79. The molecule has 130 valence electrons. The van der Waals surface area contributed by atoms with E-state index in [-0.39, 0.29) is 22.8 Å². The van der Waals surface area contributed by atoms with Crippen molar-refractivity contribution in [2.45, 2.75) is 65.0 Å². The molecule has 3 aliphatic rings. The molecule has 1 N–H and O–H groups in total. The summed E-state index contributed by atoms with van der Waals surface area (Å²) in [4.78, 5) is 14.3. The normalized spacial score (nSPS) is 43.6. The fourth-order valence-corrected chi connectivity index (χ4v) is 5.79. The van der Waals surface area contributed by atoms with Gasteiger partial charge in [-0.1, -0.05) is 20.8 Å². The first-order valence-electron chi connectivity index (χ1n) is 9.17. The van der Waals surface area contributed by atoms with E-state index in [9.17, 15) is 15.3 Å². The fraction of sp³-hybridized carbons (Fsp3) is 0.842. The second-order valence-corrected chi connectivity index (χ2v) is 8.51. The van der Waals surface area contributed by atoms with Crippen LogP contribution in [0.3, 0.4) is 0 Å². The summed E-state index contributed by atoms with van der Waals surface area (Å²) in [5, 5.41) is 21.9. The maximum absolute atomic E-state index is 12.6. The molecule has 1 heterocycles. The molecule has 1 amide bonds. The van der Waals surface area contributed by atoms with Gasteiger partial charge in [0.1, 0.15) is 6.04 Å². The molecule has 0 radical (unpaired) electrons. The average Bonchev–Trinajstić information content (AvgIpc) is 3.03. The largest absolute Gasteiger partial charge is 0.325 e. The number of nitrogens with zero attached hydrogens (tertiary/aromatic N) is 3. The molecule has 5 heteroatoms. The highest BCUT2D eigenvalue weighted by Crippen LogP contribution is 2.70. The highest BCUT2D eigenvalue weighted by atomic mass is 16.2. The third-order valence-corrected chi connectivity index (χ3v) is 7.40. The van der Waals surface area contributed by atoms with Crippen molar-refractivity contribution >= 4 is 5.91 Å². The van der Waals surface area contributed by atoms with E-state index in [0.717, 1.165) is 25.7 Å². The molecule has 2 aliphatic carbocycles. The van der Waals surface area contributed by atoms with Crippen molar-refractivity contribution in [1.82, 2.24) is 10.2 Å². The molecule has 6 unspecified atom stereocenters. The summed E-state index contributed by atoms with van der Waals surface area (Å²) in [6, 6.07) is 4.67. The quantitative estimate of drug-likeness (QED) is 0.859. The summed E-state index contributed by atoms with van der Waals surface area (Å²) in [6.45, 7) is 7.65. The second kappa shape index (κ2) is 6.05. The van der Waals surface area contributed by atoms with Gasteiger partial charge in [0.2, 0.25) is 5.91 Å². The number of hydrogen-bond donors (Lipinski definition) is 1.